The molecule has 0 aromatic heterocycles. The molecule has 0 aliphatic carbocycles. The van der Waals surface area contributed by atoms with Crippen molar-refractivity contribution in [2.24, 2.45) is 29.1 Å². The number of rotatable bonds is 20. The van der Waals surface area contributed by atoms with E-state index in [0.29, 0.717) is 25.7 Å². The van der Waals surface area contributed by atoms with Crippen LogP contribution in [0.5, 0.6) is 0 Å². The van der Waals surface area contributed by atoms with Crippen LogP contribution in [-0.2, 0) is 38.1 Å². The Hall–Kier alpha value is -0.200. The molecule has 0 heterocycles. The molecule has 12 heteroatoms. The van der Waals surface area contributed by atoms with Crippen molar-refractivity contribution < 1.29 is 38.1 Å². The van der Waals surface area contributed by atoms with E-state index in [-0.39, 0.29) is 45.7 Å². The number of esters is 4. The maximum Gasteiger partial charge on any atom is 0.308 e. The lowest BCUT2D eigenvalue weighted by Gasteiger charge is -2.33. The summed E-state index contributed by atoms with van der Waals surface area (Å²) in [7, 11) is 0. The number of halogens is 4. The molecule has 0 amide bonds. The first-order valence-corrected chi connectivity index (χ1v) is 17.8. The first-order valence-electron chi connectivity index (χ1n) is 14.1. The minimum absolute atomic E-state index is 0.104. The summed E-state index contributed by atoms with van der Waals surface area (Å²) in [5.41, 5.74) is -1.30. The van der Waals surface area contributed by atoms with Gasteiger partial charge < -0.3 is 18.9 Å². The molecule has 0 aliphatic rings. The zero-order valence-corrected chi connectivity index (χ0v) is 31.9. The number of hydrogen-bond donors (Lipinski definition) is 0. The lowest BCUT2D eigenvalue weighted by Crippen LogP contribution is -2.45. The Kier molecular flexibility index (Phi) is 20.6. The Morgan fingerprint density at radius 1 is 0.439 bits per heavy atom. The highest BCUT2D eigenvalue weighted by Gasteiger charge is 2.39. The Balaban J connectivity index is 6.09. The average molecular weight is 844 g/mol. The van der Waals surface area contributed by atoms with Crippen LogP contribution in [0.4, 0.5) is 0 Å². The van der Waals surface area contributed by atoms with Crippen LogP contribution in [0.3, 0.4) is 0 Å². The number of ether oxygens (including phenoxy) is 4. The van der Waals surface area contributed by atoms with Crippen LogP contribution in [0.25, 0.3) is 0 Å². The quantitative estimate of drug-likeness (QED) is 0.0711. The summed E-state index contributed by atoms with van der Waals surface area (Å²) in [5, 5.41) is 0. The fourth-order valence-corrected chi connectivity index (χ4v) is 6.29. The van der Waals surface area contributed by atoms with Gasteiger partial charge in [-0.25, -0.2) is 0 Å². The second kappa shape index (κ2) is 20.7. The monoisotopic (exact) mass is 840 g/mol. The summed E-state index contributed by atoms with van der Waals surface area (Å²) in [6, 6.07) is 0. The molecular weight excluding hydrogens is 796 g/mol. The van der Waals surface area contributed by atoms with Gasteiger partial charge >= 0.3 is 23.9 Å². The summed E-state index contributed by atoms with van der Waals surface area (Å²) in [4.78, 5) is 51.8. The van der Waals surface area contributed by atoms with Gasteiger partial charge in [0.2, 0.25) is 0 Å². The summed E-state index contributed by atoms with van der Waals surface area (Å²) < 4.78 is 22.7. The summed E-state index contributed by atoms with van der Waals surface area (Å²) in [5.74, 6) is -3.43. The van der Waals surface area contributed by atoms with Crippen molar-refractivity contribution in [2.45, 2.75) is 100 Å². The first-order chi connectivity index (χ1) is 18.9. The van der Waals surface area contributed by atoms with Gasteiger partial charge in [-0.3, -0.25) is 19.2 Å². The topological polar surface area (TPSA) is 105 Å². The highest BCUT2D eigenvalue weighted by Crippen LogP contribution is 2.26. The van der Waals surface area contributed by atoms with Gasteiger partial charge in [-0.2, -0.15) is 0 Å². The van der Waals surface area contributed by atoms with Crippen molar-refractivity contribution in [3.63, 3.8) is 0 Å². The van der Waals surface area contributed by atoms with E-state index in [1.165, 1.54) is 0 Å². The fraction of sp³-hybridized carbons (Fsp3) is 0.862. The normalized spacial score (nSPS) is 18.8. The van der Waals surface area contributed by atoms with Crippen molar-refractivity contribution in [1.29, 1.82) is 0 Å². The largest absolute Gasteiger partial charge is 0.464 e. The van der Waals surface area contributed by atoms with Crippen LogP contribution < -0.4 is 0 Å². The van der Waals surface area contributed by atoms with Crippen molar-refractivity contribution in [3.8, 4) is 0 Å². The summed E-state index contributed by atoms with van der Waals surface area (Å²) >= 11 is 13.8. The van der Waals surface area contributed by atoms with E-state index in [1.54, 1.807) is 27.7 Å². The van der Waals surface area contributed by atoms with Gasteiger partial charge in [0.1, 0.15) is 31.8 Å². The van der Waals surface area contributed by atoms with Gasteiger partial charge in [0.15, 0.2) is 0 Å². The maximum atomic E-state index is 12.8. The van der Waals surface area contributed by atoms with Crippen LogP contribution in [-0.4, -0.2) is 69.6 Å². The molecule has 0 rings (SSSR count). The Morgan fingerprint density at radius 3 is 0.756 bits per heavy atom. The van der Waals surface area contributed by atoms with Crippen molar-refractivity contribution in [3.05, 3.63) is 0 Å². The van der Waals surface area contributed by atoms with Crippen LogP contribution in [0.15, 0.2) is 0 Å². The van der Waals surface area contributed by atoms with Gasteiger partial charge in [-0.05, 0) is 25.7 Å². The highest BCUT2D eigenvalue weighted by atomic mass is 79.9. The van der Waals surface area contributed by atoms with Gasteiger partial charge in [-0.1, -0.05) is 119 Å². The number of alkyl halides is 4. The summed E-state index contributed by atoms with van der Waals surface area (Å²) in [6.45, 7) is 13.7. The third-order valence-electron chi connectivity index (χ3n) is 6.41. The molecule has 8 nitrogen and oxygen atoms in total. The van der Waals surface area contributed by atoms with Gasteiger partial charge in [0.25, 0.3) is 0 Å². The van der Waals surface area contributed by atoms with Crippen LogP contribution in [0.1, 0.15) is 81.1 Å². The van der Waals surface area contributed by atoms with E-state index < -0.39 is 53.0 Å². The number of carbonyl (C=O) groups is 4. The molecule has 0 saturated carbocycles. The smallest absolute Gasteiger partial charge is 0.308 e. The molecule has 8 unspecified atom stereocenters. The SMILES string of the molecule is CC(Br)CC(C)C(=O)OCC(COC(=O)C(C)CC(C)Br)(COC(=O)C(C)CC(C)Br)COC(=O)C(C)CC(C)Br. The highest BCUT2D eigenvalue weighted by molar-refractivity contribution is 9.10. The molecular formula is C29H48Br4O8. The Bertz CT molecular complexity index is 685. The van der Waals surface area contributed by atoms with Crippen molar-refractivity contribution >= 4 is 87.6 Å². The molecule has 0 aromatic carbocycles. The lowest BCUT2D eigenvalue weighted by atomic mass is 9.91. The van der Waals surface area contributed by atoms with E-state index >= 15 is 0 Å². The molecule has 0 saturated heterocycles. The zero-order valence-electron chi connectivity index (χ0n) is 25.6. The number of carbonyl (C=O) groups excluding carboxylic acids is 4. The molecule has 41 heavy (non-hydrogen) atoms. The molecule has 0 fully saturated rings. The fourth-order valence-electron chi connectivity index (χ4n) is 4.05. The third-order valence-corrected chi connectivity index (χ3v) is 7.90. The second-order valence-corrected chi connectivity index (χ2v) is 17.9. The predicted octanol–water partition coefficient (Wildman–Crippen LogP) is 7.38. The Labute approximate surface area is 280 Å². The Morgan fingerprint density at radius 2 is 0.610 bits per heavy atom. The van der Waals surface area contributed by atoms with Gasteiger partial charge in [0, 0.05) is 19.3 Å². The van der Waals surface area contributed by atoms with Crippen LogP contribution >= 0.6 is 63.7 Å². The maximum absolute atomic E-state index is 12.8. The van der Waals surface area contributed by atoms with E-state index in [4.69, 9.17) is 18.9 Å². The van der Waals surface area contributed by atoms with Crippen molar-refractivity contribution in [1.82, 2.24) is 0 Å². The first kappa shape index (κ1) is 40.8. The van der Waals surface area contributed by atoms with Gasteiger partial charge in [-0.15, -0.1) is 0 Å². The number of hydrogen-bond acceptors (Lipinski definition) is 8. The van der Waals surface area contributed by atoms with Gasteiger partial charge in [0.05, 0.1) is 23.7 Å². The zero-order chi connectivity index (χ0) is 31.9. The molecule has 8 atom stereocenters. The lowest BCUT2D eigenvalue weighted by molar-refractivity contribution is -0.175. The molecule has 240 valence electrons. The van der Waals surface area contributed by atoms with E-state index in [1.807, 2.05) is 27.7 Å². The molecule has 0 aliphatic heterocycles. The average Bonchev–Trinajstić information content (AvgIpc) is 2.85. The van der Waals surface area contributed by atoms with E-state index in [0.717, 1.165) is 0 Å². The molecule has 0 aromatic rings. The second-order valence-electron chi connectivity index (χ2n) is 11.6. The van der Waals surface area contributed by atoms with Crippen LogP contribution in [0, 0.1) is 29.1 Å². The minimum atomic E-state index is -1.30. The van der Waals surface area contributed by atoms with Crippen molar-refractivity contribution in [2.75, 3.05) is 26.4 Å². The van der Waals surface area contributed by atoms with E-state index in [9.17, 15) is 19.2 Å². The standard InChI is InChI=1S/C29H48Br4O8/c1-17(9-21(5)30)25(34)38-13-29(14-39-26(35)18(2)10-22(6)31,15-40-27(36)19(3)11-23(7)32)16-41-28(37)20(4)12-24(8)33/h17-24H,9-16H2,1-8H3. The third kappa shape index (κ3) is 18.3. The predicted molar refractivity (Wildman–Crippen MR) is 175 cm³/mol. The summed E-state index contributed by atoms with van der Waals surface area (Å²) in [6.07, 6.45) is 2.21. The molecule has 0 bridgehead atoms. The molecule has 0 N–H and O–H groups in total. The van der Waals surface area contributed by atoms with Crippen LogP contribution in [0.2, 0.25) is 0 Å². The van der Waals surface area contributed by atoms with E-state index in [2.05, 4.69) is 63.7 Å². The molecule has 0 radical (unpaired) electrons. The molecule has 0 spiro atoms. The minimum Gasteiger partial charge on any atom is -0.464 e.